The number of alkyl carbamates (subject to hydrolysis) is 1. The molecule has 284 valence electrons. The zero-order chi connectivity index (χ0) is 38.1. The summed E-state index contributed by atoms with van der Waals surface area (Å²) in [6.45, 7) is 8.96. The second-order valence-corrected chi connectivity index (χ2v) is 15.7. The molecule has 0 spiro atoms. The number of aromatic amines is 1. The number of H-pyrrole nitrogens is 1. The number of tetrazole rings is 2. The standard InChI is InChI=1S/C31H41N13O8S/c1-6-18-15-31(18,27(47)38-53(49,50)39-28-35-40-41-36-28)33-25(45)22-14-19(44-37-24(34-42-44)17-10-12-20(51-5)13-11-17)16-43(22)26(46)23(30(2,3)4)32-29(48)52-21-8-7-9-21/h6,10-13,18-19,21-23H,1,7-9,14-16H2,2-5H3,(H,32,48)(H,33,45)(H,38,47)(H2,35,36,39,40,41)/t18-,19-,22+,23-,31-/m1/s1. The lowest BCUT2D eigenvalue weighted by Gasteiger charge is -2.36. The van der Waals surface area contributed by atoms with Crippen LogP contribution >= 0.6 is 0 Å². The van der Waals surface area contributed by atoms with Gasteiger partial charge in [0, 0.05) is 24.4 Å². The van der Waals surface area contributed by atoms with Crippen LogP contribution in [0.4, 0.5) is 10.7 Å². The predicted octanol–water partition coefficient (Wildman–Crippen LogP) is 0.231. The molecule has 1 aromatic carbocycles. The van der Waals surface area contributed by atoms with Crippen molar-refractivity contribution < 1.29 is 37.1 Å². The van der Waals surface area contributed by atoms with Gasteiger partial charge in [-0.1, -0.05) is 31.9 Å². The topological polar surface area (TPSA) is 270 Å². The quantitative estimate of drug-likeness (QED) is 0.146. The van der Waals surface area contributed by atoms with Crippen molar-refractivity contribution >= 4 is 40.0 Å². The van der Waals surface area contributed by atoms with Crippen molar-refractivity contribution in [3.05, 3.63) is 36.9 Å². The minimum atomic E-state index is -4.54. The van der Waals surface area contributed by atoms with Gasteiger partial charge in [-0.3, -0.25) is 14.4 Å². The molecule has 21 nitrogen and oxygen atoms in total. The number of carbonyl (C=O) groups is 4. The van der Waals surface area contributed by atoms with Crippen LogP contribution in [-0.4, -0.2) is 115 Å². The van der Waals surface area contributed by atoms with Crippen LogP contribution in [0, 0.1) is 11.3 Å². The van der Waals surface area contributed by atoms with Gasteiger partial charge in [0.05, 0.1) is 13.2 Å². The van der Waals surface area contributed by atoms with E-state index in [1.54, 1.807) is 52.1 Å². The van der Waals surface area contributed by atoms with Gasteiger partial charge in [0.2, 0.25) is 17.6 Å². The van der Waals surface area contributed by atoms with E-state index < -0.39 is 75.0 Å². The molecular weight excluding hydrogens is 714 g/mol. The number of hydrogen-bond donors (Lipinski definition) is 5. The maximum atomic E-state index is 14.4. The van der Waals surface area contributed by atoms with Crippen LogP contribution in [0.25, 0.3) is 11.4 Å². The number of amides is 4. The van der Waals surface area contributed by atoms with Crippen LogP contribution in [0.15, 0.2) is 36.9 Å². The molecule has 2 aromatic heterocycles. The highest BCUT2D eigenvalue weighted by molar-refractivity contribution is 7.91. The summed E-state index contributed by atoms with van der Waals surface area (Å²) in [5.74, 6) is -2.49. The maximum absolute atomic E-state index is 14.4. The summed E-state index contributed by atoms with van der Waals surface area (Å²) in [5.41, 5.74) is -1.88. The number of aromatic nitrogens is 8. The first-order valence-electron chi connectivity index (χ1n) is 16.9. The fourth-order valence-corrected chi connectivity index (χ4v) is 7.02. The van der Waals surface area contributed by atoms with Crippen molar-refractivity contribution in [2.45, 2.75) is 82.6 Å². The summed E-state index contributed by atoms with van der Waals surface area (Å²) >= 11 is 0. The van der Waals surface area contributed by atoms with Gasteiger partial charge < -0.3 is 25.0 Å². The van der Waals surface area contributed by atoms with E-state index in [0.29, 0.717) is 17.1 Å². The molecule has 0 bridgehead atoms. The van der Waals surface area contributed by atoms with Gasteiger partial charge in [-0.05, 0) is 65.8 Å². The highest BCUT2D eigenvalue weighted by atomic mass is 32.2. The summed E-state index contributed by atoms with van der Waals surface area (Å²) < 4.78 is 40.0. The first kappa shape index (κ1) is 37.1. The minimum absolute atomic E-state index is 0.00644. The monoisotopic (exact) mass is 755 g/mol. The normalized spacial score (nSPS) is 23.2. The number of methoxy groups -OCH3 is 1. The molecule has 5 atom stereocenters. The van der Waals surface area contributed by atoms with Crippen molar-refractivity contribution in [2.24, 2.45) is 11.3 Å². The summed E-state index contributed by atoms with van der Waals surface area (Å²) in [4.78, 5) is 57.7. The Bertz CT molecular complexity index is 1960. The van der Waals surface area contributed by atoms with Crippen molar-refractivity contribution in [3.8, 4) is 17.1 Å². The number of hydrogen-bond acceptors (Lipinski definition) is 14. The molecule has 22 heteroatoms. The molecule has 0 unspecified atom stereocenters. The Hall–Kier alpha value is -5.67. The van der Waals surface area contributed by atoms with E-state index in [0.717, 1.165) is 19.3 Å². The van der Waals surface area contributed by atoms with E-state index in [1.807, 2.05) is 9.44 Å². The number of anilines is 1. The zero-order valence-corrected chi connectivity index (χ0v) is 30.3. The predicted molar refractivity (Wildman–Crippen MR) is 183 cm³/mol. The molecule has 0 radical (unpaired) electrons. The van der Waals surface area contributed by atoms with Crippen molar-refractivity contribution in [1.29, 1.82) is 0 Å². The largest absolute Gasteiger partial charge is 0.497 e. The number of likely N-dealkylation sites (tertiary alicyclic amines) is 1. The van der Waals surface area contributed by atoms with Gasteiger partial charge in [-0.2, -0.15) is 18.4 Å². The summed E-state index contributed by atoms with van der Waals surface area (Å²) in [6.07, 6.45) is 2.87. The van der Waals surface area contributed by atoms with E-state index in [2.05, 4.69) is 53.2 Å². The number of nitrogens with one attached hydrogen (secondary N) is 5. The maximum Gasteiger partial charge on any atom is 0.408 e. The number of ether oxygens (including phenoxy) is 2. The lowest BCUT2D eigenvalue weighted by atomic mass is 9.85. The van der Waals surface area contributed by atoms with Crippen LogP contribution in [-0.2, 0) is 29.3 Å². The lowest BCUT2D eigenvalue weighted by Crippen LogP contribution is -2.60. The molecule has 53 heavy (non-hydrogen) atoms. The second kappa shape index (κ2) is 14.4. The van der Waals surface area contributed by atoms with E-state index in [9.17, 15) is 27.6 Å². The Morgan fingerprint density at radius 1 is 1.13 bits per heavy atom. The Kier molecular flexibility index (Phi) is 10.1. The van der Waals surface area contributed by atoms with Crippen molar-refractivity contribution in [1.82, 2.24) is 61.1 Å². The Morgan fingerprint density at radius 2 is 1.87 bits per heavy atom. The molecule has 1 saturated heterocycles. The fourth-order valence-electron chi connectivity index (χ4n) is 6.22. The molecule has 5 N–H and O–H groups in total. The van der Waals surface area contributed by atoms with Gasteiger partial charge >= 0.3 is 16.3 Å². The number of carbonyl (C=O) groups excluding carboxylic acids is 4. The smallest absolute Gasteiger partial charge is 0.408 e. The number of benzene rings is 1. The summed E-state index contributed by atoms with van der Waals surface area (Å²) in [7, 11) is -2.99. The first-order chi connectivity index (χ1) is 25.1. The third-order valence-corrected chi connectivity index (χ3v) is 10.4. The van der Waals surface area contributed by atoms with Crippen LogP contribution in [0.1, 0.15) is 58.9 Å². The average molecular weight is 756 g/mol. The molecular formula is C31H41N13O8S. The second-order valence-electron chi connectivity index (χ2n) is 14.2. The van der Waals surface area contributed by atoms with Gasteiger partial charge in [-0.25, -0.2) is 14.2 Å². The highest BCUT2D eigenvalue weighted by Gasteiger charge is 2.61. The molecule has 6 rings (SSSR count). The van der Waals surface area contributed by atoms with Gasteiger partial charge in [-0.15, -0.1) is 21.9 Å². The summed E-state index contributed by atoms with van der Waals surface area (Å²) in [6, 6.07) is 4.03. The van der Waals surface area contributed by atoms with E-state index in [4.69, 9.17) is 9.47 Å². The molecule has 3 aromatic rings. The fraction of sp³-hybridized carbons (Fsp3) is 0.548. The number of rotatable bonds is 13. The highest BCUT2D eigenvalue weighted by Crippen LogP contribution is 2.45. The Morgan fingerprint density at radius 3 is 2.45 bits per heavy atom. The van der Waals surface area contributed by atoms with Crippen LogP contribution < -0.4 is 24.8 Å². The third kappa shape index (κ3) is 8.05. The van der Waals surface area contributed by atoms with Gasteiger partial charge in [0.15, 0.2) is 0 Å². The zero-order valence-electron chi connectivity index (χ0n) is 29.5. The molecule has 3 aliphatic rings. The molecule has 4 amide bonds. The average Bonchev–Trinajstić information content (AvgIpc) is 3.54. The Labute approximate surface area is 304 Å². The van der Waals surface area contributed by atoms with E-state index in [-0.39, 0.29) is 25.5 Å². The number of nitrogens with zero attached hydrogens (tertiary/aromatic N) is 8. The molecule has 3 heterocycles. The molecule has 2 saturated carbocycles. The molecule has 2 aliphatic carbocycles. The lowest BCUT2D eigenvalue weighted by molar-refractivity contribution is -0.142. The van der Waals surface area contributed by atoms with Crippen LogP contribution in [0.2, 0.25) is 0 Å². The van der Waals surface area contributed by atoms with Crippen molar-refractivity contribution in [3.63, 3.8) is 0 Å². The molecule has 3 fully saturated rings. The van der Waals surface area contributed by atoms with E-state index >= 15 is 0 Å². The van der Waals surface area contributed by atoms with Crippen LogP contribution in [0.5, 0.6) is 5.75 Å². The molecule has 1 aliphatic heterocycles. The van der Waals surface area contributed by atoms with Gasteiger partial charge in [0.25, 0.3) is 11.9 Å². The Balaban J connectivity index is 1.26. The SMILES string of the molecule is C=C[C@@H]1C[C@]1(NC(=O)[C@@H]1C[C@@H](n2nnc(-c3ccc(OC)cc3)n2)CN1C(=O)[C@@H](NC(=O)OC1CCC1)C(C)(C)C)C(=O)NS(=O)(=O)Nc1nn[nH]n1. The van der Waals surface area contributed by atoms with E-state index in [1.165, 1.54) is 15.8 Å². The third-order valence-electron chi connectivity index (χ3n) is 9.52. The van der Waals surface area contributed by atoms with Crippen molar-refractivity contribution in [2.75, 3.05) is 18.4 Å². The minimum Gasteiger partial charge on any atom is -0.497 e. The van der Waals surface area contributed by atoms with Crippen LogP contribution in [0.3, 0.4) is 0 Å². The summed E-state index contributed by atoms with van der Waals surface area (Å²) in [5, 5.41) is 30.7. The van der Waals surface area contributed by atoms with Gasteiger partial charge in [0.1, 0.15) is 29.5 Å². The first-order valence-corrected chi connectivity index (χ1v) is 18.4.